The van der Waals surface area contributed by atoms with E-state index in [0.717, 1.165) is 18.4 Å². The van der Waals surface area contributed by atoms with Crippen LogP contribution in [0.25, 0.3) is 0 Å². The van der Waals surface area contributed by atoms with Crippen LogP contribution in [-0.2, 0) is 4.84 Å². The van der Waals surface area contributed by atoms with Gasteiger partial charge in [0, 0.05) is 6.54 Å². The van der Waals surface area contributed by atoms with Gasteiger partial charge < -0.3 is 0 Å². The van der Waals surface area contributed by atoms with Crippen LogP contribution in [0.4, 0.5) is 0 Å². The van der Waals surface area contributed by atoms with Crippen LogP contribution in [0.2, 0.25) is 0 Å². The molecule has 0 spiro atoms. The maximum atomic E-state index is 5.58. The van der Waals surface area contributed by atoms with Gasteiger partial charge in [0.15, 0.2) is 0 Å². The van der Waals surface area contributed by atoms with Crippen molar-refractivity contribution in [3.8, 4) is 0 Å². The number of hydrogen-bond acceptors (Lipinski definition) is 2. The van der Waals surface area contributed by atoms with Crippen LogP contribution in [0, 0.1) is 17.3 Å². The van der Waals surface area contributed by atoms with E-state index in [-0.39, 0.29) is 5.60 Å². The van der Waals surface area contributed by atoms with E-state index < -0.39 is 0 Å². The fraction of sp³-hybridized carbons (Fsp3) is 1.00. The molecule has 0 saturated heterocycles. The maximum Gasteiger partial charge on any atom is 0.0812 e. The molecule has 0 aromatic carbocycles. The van der Waals surface area contributed by atoms with E-state index in [0.29, 0.717) is 5.41 Å². The molecule has 0 unspecified atom stereocenters. The third-order valence-corrected chi connectivity index (χ3v) is 3.82. The van der Waals surface area contributed by atoms with Gasteiger partial charge in [-0.3, -0.25) is 4.84 Å². The van der Waals surface area contributed by atoms with Crippen LogP contribution < -0.4 is 5.48 Å². The smallest absolute Gasteiger partial charge is 0.0812 e. The molecular weight excluding hydrogens is 210 g/mol. The number of nitrogens with one attached hydrogen (secondary N) is 1. The quantitative estimate of drug-likeness (QED) is 0.749. The molecule has 1 saturated carbocycles. The summed E-state index contributed by atoms with van der Waals surface area (Å²) in [5.41, 5.74) is 3.55. The third kappa shape index (κ3) is 5.87. The van der Waals surface area contributed by atoms with Gasteiger partial charge in [-0.25, -0.2) is 5.48 Å². The molecule has 0 atom stereocenters. The molecule has 0 amide bonds. The van der Waals surface area contributed by atoms with Crippen molar-refractivity contribution in [1.82, 2.24) is 5.48 Å². The van der Waals surface area contributed by atoms with Crippen LogP contribution in [0.1, 0.15) is 67.2 Å². The van der Waals surface area contributed by atoms with Gasteiger partial charge in [0.25, 0.3) is 0 Å². The van der Waals surface area contributed by atoms with E-state index >= 15 is 0 Å². The summed E-state index contributed by atoms with van der Waals surface area (Å²) in [6.45, 7) is 14.4. The van der Waals surface area contributed by atoms with E-state index in [9.17, 15) is 0 Å². The molecule has 0 bridgehead atoms. The minimum absolute atomic E-state index is 0.0807. The minimum Gasteiger partial charge on any atom is -0.296 e. The molecule has 0 heterocycles. The third-order valence-electron chi connectivity index (χ3n) is 3.82. The molecule has 1 aliphatic rings. The van der Waals surface area contributed by atoms with Crippen LogP contribution in [0.3, 0.4) is 0 Å². The zero-order chi connectivity index (χ0) is 13.1. The second-order valence-corrected chi connectivity index (χ2v) is 7.65. The monoisotopic (exact) mass is 241 g/mol. The Hall–Kier alpha value is -0.0800. The van der Waals surface area contributed by atoms with E-state index in [2.05, 4.69) is 47.0 Å². The van der Waals surface area contributed by atoms with Crippen LogP contribution in [-0.4, -0.2) is 12.1 Å². The highest BCUT2D eigenvalue weighted by Gasteiger charge is 2.29. The lowest BCUT2D eigenvalue weighted by molar-refractivity contribution is -0.0792. The molecule has 2 heteroatoms. The van der Waals surface area contributed by atoms with Crippen LogP contribution in [0.15, 0.2) is 0 Å². The first-order chi connectivity index (χ1) is 7.68. The molecule has 1 rings (SSSR count). The minimum atomic E-state index is -0.0807. The molecule has 1 aliphatic carbocycles. The standard InChI is InChI=1S/C15H31NO/c1-14(2,3)13-9-7-12(8-10-13)11-16-17-15(4,5)6/h12-13,16H,7-11H2,1-6H3. The molecule has 0 radical (unpaired) electrons. The van der Waals surface area contributed by atoms with Gasteiger partial charge in [-0.1, -0.05) is 20.8 Å². The lowest BCUT2D eigenvalue weighted by atomic mass is 9.70. The van der Waals surface area contributed by atoms with Gasteiger partial charge >= 0.3 is 0 Å². The van der Waals surface area contributed by atoms with Gasteiger partial charge in [0.2, 0.25) is 0 Å². The molecular formula is C15H31NO. The van der Waals surface area contributed by atoms with Crippen molar-refractivity contribution in [1.29, 1.82) is 0 Å². The number of rotatable bonds is 3. The van der Waals surface area contributed by atoms with E-state index in [1.165, 1.54) is 25.7 Å². The zero-order valence-electron chi connectivity index (χ0n) is 12.6. The van der Waals surface area contributed by atoms with Gasteiger partial charge in [0.05, 0.1) is 5.60 Å². The van der Waals surface area contributed by atoms with Crippen molar-refractivity contribution in [3.05, 3.63) is 0 Å². The summed E-state index contributed by atoms with van der Waals surface area (Å²) < 4.78 is 0. The Labute approximate surface area is 107 Å². The molecule has 0 aromatic rings. The van der Waals surface area contributed by atoms with E-state index in [4.69, 9.17) is 4.84 Å². The molecule has 0 aliphatic heterocycles. The Bertz CT molecular complexity index is 213. The Morgan fingerprint density at radius 2 is 1.47 bits per heavy atom. The second-order valence-electron chi connectivity index (χ2n) is 7.65. The average molecular weight is 241 g/mol. The summed E-state index contributed by atoms with van der Waals surface area (Å²) in [7, 11) is 0. The first-order valence-corrected chi connectivity index (χ1v) is 7.09. The molecule has 0 aromatic heterocycles. The van der Waals surface area contributed by atoms with Crippen molar-refractivity contribution < 1.29 is 4.84 Å². The van der Waals surface area contributed by atoms with Gasteiger partial charge in [-0.2, -0.15) is 0 Å². The predicted octanol–water partition coefficient (Wildman–Crippen LogP) is 4.16. The lowest BCUT2D eigenvalue weighted by Gasteiger charge is -2.37. The summed E-state index contributed by atoms with van der Waals surface area (Å²) in [4.78, 5) is 5.58. The predicted molar refractivity (Wildman–Crippen MR) is 73.7 cm³/mol. The van der Waals surface area contributed by atoms with Crippen molar-refractivity contribution in [2.24, 2.45) is 17.3 Å². The lowest BCUT2D eigenvalue weighted by Crippen LogP contribution is -2.34. The van der Waals surface area contributed by atoms with Crippen molar-refractivity contribution in [2.75, 3.05) is 6.54 Å². The van der Waals surface area contributed by atoms with Gasteiger partial charge in [-0.05, 0) is 63.7 Å². The first-order valence-electron chi connectivity index (χ1n) is 7.09. The Morgan fingerprint density at radius 1 is 0.941 bits per heavy atom. The van der Waals surface area contributed by atoms with Crippen LogP contribution in [0.5, 0.6) is 0 Å². The molecule has 1 fully saturated rings. The van der Waals surface area contributed by atoms with Crippen molar-refractivity contribution in [3.63, 3.8) is 0 Å². The maximum absolute atomic E-state index is 5.58. The topological polar surface area (TPSA) is 21.3 Å². The average Bonchev–Trinajstić information content (AvgIpc) is 2.15. The number of hydrogen-bond donors (Lipinski definition) is 1. The van der Waals surface area contributed by atoms with Gasteiger partial charge in [-0.15, -0.1) is 0 Å². The summed E-state index contributed by atoms with van der Waals surface area (Å²) in [6, 6.07) is 0. The van der Waals surface area contributed by atoms with Crippen molar-refractivity contribution in [2.45, 2.75) is 72.8 Å². The molecule has 102 valence electrons. The highest BCUT2D eigenvalue weighted by Crippen LogP contribution is 2.39. The summed E-state index contributed by atoms with van der Waals surface area (Å²) in [6.07, 6.45) is 5.46. The van der Waals surface area contributed by atoms with E-state index in [1.807, 2.05) is 0 Å². The van der Waals surface area contributed by atoms with Gasteiger partial charge in [0.1, 0.15) is 0 Å². The van der Waals surface area contributed by atoms with E-state index in [1.54, 1.807) is 0 Å². The zero-order valence-corrected chi connectivity index (χ0v) is 12.6. The SMILES string of the molecule is CC(C)(C)ONCC1CCC(C(C)(C)C)CC1. The van der Waals surface area contributed by atoms with Crippen molar-refractivity contribution >= 4 is 0 Å². The molecule has 17 heavy (non-hydrogen) atoms. The highest BCUT2D eigenvalue weighted by atomic mass is 16.7. The Balaban J connectivity index is 2.20. The Kier molecular flexibility index (Phi) is 5.03. The van der Waals surface area contributed by atoms with Crippen LogP contribution >= 0.6 is 0 Å². The number of hydroxylamine groups is 1. The summed E-state index contributed by atoms with van der Waals surface area (Å²) in [5, 5.41) is 0. The Morgan fingerprint density at radius 3 is 1.88 bits per heavy atom. The fourth-order valence-electron chi connectivity index (χ4n) is 2.61. The highest BCUT2D eigenvalue weighted by molar-refractivity contribution is 4.80. The largest absolute Gasteiger partial charge is 0.296 e. The molecule has 2 nitrogen and oxygen atoms in total. The normalized spacial score (nSPS) is 27.2. The first kappa shape index (κ1) is 15.0. The summed E-state index contributed by atoms with van der Waals surface area (Å²) in [5.74, 6) is 1.71. The summed E-state index contributed by atoms with van der Waals surface area (Å²) >= 11 is 0. The molecule has 1 N–H and O–H groups in total. The fourth-order valence-corrected chi connectivity index (χ4v) is 2.61. The second kappa shape index (κ2) is 5.71.